The molecule has 3 aliphatic rings. The fourth-order valence-corrected chi connectivity index (χ4v) is 4.44. The van der Waals surface area contributed by atoms with Crippen LogP contribution in [0.3, 0.4) is 0 Å². The third-order valence-corrected chi connectivity index (χ3v) is 5.57. The Balaban J connectivity index is 0.00000104. The quantitative estimate of drug-likeness (QED) is 0.488. The minimum absolute atomic E-state index is 0. The van der Waals surface area contributed by atoms with Gasteiger partial charge in [-0.1, -0.05) is 13.3 Å². The largest absolute Gasteiger partial charge is 0.493 e. The van der Waals surface area contributed by atoms with Crippen molar-refractivity contribution in [3.05, 3.63) is 40.8 Å². The van der Waals surface area contributed by atoms with Crippen molar-refractivity contribution in [1.29, 1.82) is 0 Å². The Morgan fingerprint density at radius 1 is 1.28 bits per heavy atom. The molecule has 0 saturated heterocycles. The van der Waals surface area contributed by atoms with E-state index in [0.29, 0.717) is 0 Å². The van der Waals surface area contributed by atoms with Gasteiger partial charge in [0.2, 0.25) is 0 Å². The maximum absolute atomic E-state index is 6.42. The maximum atomic E-state index is 6.42. The standard InChI is InChI=1S/C19H24NO2.3Y/c1-12-5-6-16-19(10-12)7-8-20(3)11-14-13(2)9-15(21-4)18(22-16)17(14)19;;;/h5,9-10,16H,6-8,11H2,1-4H3;;;/q-1;;;/t16?,19-;;;/m1.../s1. The zero-order valence-corrected chi connectivity index (χ0v) is 24.1. The molecule has 1 spiro atoms. The minimum atomic E-state index is 0. The van der Waals surface area contributed by atoms with Crippen LogP contribution in [-0.4, -0.2) is 31.7 Å². The molecule has 25 heavy (non-hydrogen) atoms. The molecule has 3 nitrogen and oxygen atoms in total. The van der Waals surface area contributed by atoms with E-state index in [0.717, 1.165) is 37.4 Å². The van der Waals surface area contributed by atoms with E-state index in [4.69, 9.17) is 9.47 Å². The summed E-state index contributed by atoms with van der Waals surface area (Å²) in [6.45, 7) is 6.50. The summed E-state index contributed by atoms with van der Waals surface area (Å²) >= 11 is 0. The van der Waals surface area contributed by atoms with Crippen molar-refractivity contribution in [1.82, 2.24) is 4.90 Å². The molecule has 2 aliphatic heterocycles. The van der Waals surface area contributed by atoms with Crippen molar-refractivity contribution in [2.24, 2.45) is 0 Å². The van der Waals surface area contributed by atoms with Crippen LogP contribution in [0.1, 0.15) is 36.5 Å². The first-order chi connectivity index (χ1) is 10.5. The van der Waals surface area contributed by atoms with Gasteiger partial charge in [-0.15, -0.1) is 0 Å². The molecule has 2 atom stereocenters. The Labute approximate surface area is 227 Å². The van der Waals surface area contributed by atoms with Crippen LogP contribution >= 0.6 is 0 Å². The van der Waals surface area contributed by atoms with E-state index in [1.807, 2.05) is 0 Å². The molecule has 1 aromatic rings. The summed E-state index contributed by atoms with van der Waals surface area (Å²) in [4.78, 5) is 2.43. The molecule has 0 fully saturated rings. The second-order valence-electron chi connectivity index (χ2n) is 7.04. The Morgan fingerprint density at radius 2 is 2.00 bits per heavy atom. The molecule has 0 bridgehead atoms. The minimum Gasteiger partial charge on any atom is -0.493 e. The van der Waals surface area contributed by atoms with Crippen molar-refractivity contribution in [3.8, 4) is 11.5 Å². The first-order valence-corrected chi connectivity index (χ1v) is 8.14. The van der Waals surface area contributed by atoms with Crippen LogP contribution in [0.5, 0.6) is 11.5 Å². The normalized spacial score (nSPS) is 26.1. The van der Waals surface area contributed by atoms with Crippen LogP contribution in [0.2, 0.25) is 0 Å². The summed E-state index contributed by atoms with van der Waals surface area (Å²) in [5.74, 6) is 1.88. The molecular weight excluding hydrogens is 541 g/mol. The summed E-state index contributed by atoms with van der Waals surface area (Å²) in [5, 5.41) is 0. The van der Waals surface area contributed by atoms with Gasteiger partial charge in [0.05, 0.1) is 13.2 Å². The van der Waals surface area contributed by atoms with Crippen molar-refractivity contribution >= 4 is 0 Å². The van der Waals surface area contributed by atoms with E-state index < -0.39 is 0 Å². The summed E-state index contributed by atoms with van der Waals surface area (Å²) in [7, 11) is 3.96. The number of rotatable bonds is 1. The molecule has 0 saturated carbocycles. The Bertz CT molecular complexity index is 677. The third-order valence-electron chi connectivity index (χ3n) is 5.57. The average molecular weight is 565 g/mol. The maximum Gasteiger partial charge on any atom is 0.164 e. The van der Waals surface area contributed by atoms with Crippen LogP contribution in [0, 0.1) is 13.3 Å². The fraction of sp³-hybridized carbons (Fsp3) is 0.526. The van der Waals surface area contributed by atoms with Crippen molar-refractivity contribution in [3.63, 3.8) is 0 Å². The fourth-order valence-electron chi connectivity index (χ4n) is 4.44. The van der Waals surface area contributed by atoms with Crippen LogP contribution in [0.4, 0.5) is 0 Å². The second-order valence-corrected chi connectivity index (χ2v) is 7.04. The molecule has 2 heterocycles. The SMILES string of the molecule is COc1cc(C)c2c3c1OC1C[CH-]C(C)=C[C@@]31CCN(C)C2.[Y].[Y].[Y]. The van der Waals surface area contributed by atoms with Crippen molar-refractivity contribution < 1.29 is 108 Å². The third kappa shape index (κ3) is 4.05. The van der Waals surface area contributed by atoms with Gasteiger partial charge in [0.25, 0.3) is 0 Å². The molecule has 1 aromatic carbocycles. The number of hydrogen-bond acceptors (Lipinski definition) is 3. The van der Waals surface area contributed by atoms with Crippen LogP contribution in [0.15, 0.2) is 17.7 Å². The van der Waals surface area contributed by atoms with Crippen LogP contribution < -0.4 is 9.47 Å². The molecule has 6 heteroatoms. The monoisotopic (exact) mass is 565 g/mol. The van der Waals surface area contributed by atoms with Gasteiger partial charge in [-0.2, -0.15) is 0 Å². The molecule has 1 unspecified atom stereocenters. The van der Waals surface area contributed by atoms with E-state index >= 15 is 0 Å². The van der Waals surface area contributed by atoms with Gasteiger partial charge in [0.15, 0.2) is 11.5 Å². The van der Waals surface area contributed by atoms with Gasteiger partial charge in [0.1, 0.15) is 0 Å². The Hall–Kier alpha value is 1.70. The molecule has 1 aliphatic carbocycles. The number of aryl methyl sites for hydroxylation is 1. The van der Waals surface area contributed by atoms with E-state index in [-0.39, 0.29) is 110 Å². The summed E-state index contributed by atoms with van der Waals surface area (Å²) in [5.41, 5.74) is 5.54. The summed E-state index contributed by atoms with van der Waals surface area (Å²) in [6.07, 6.45) is 7.07. The number of ether oxygens (including phenoxy) is 2. The average Bonchev–Trinajstić information content (AvgIpc) is 2.74. The van der Waals surface area contributed by atoms with Gasteiger partial charge >= 0.3 is 0 Å². The number of allylic oxidation sites excluding steroid dienone is 1. The van der Waals surface area contributed by atoms with Crippen LogP contribution in [-0.2, 0) is 110 Å². The molecular formula is C19H24NO2Y3-. The molecule has 0 amide bonds. The summed E-state index contributed by atoms with van der Waals surface area (Å²) < 4.78 is 12.1. The second kappa shape index (κ2) is 9.47. The van der Waals surface area contributed by atoms with E-state index in [1.54, 1.807) is 7.11 Å². The zero-order valence-electron chi connectivity index (χ0n) is 15.6. The van der Waals surface area contributed by atoms with Gasteiger partial charge in [-0.3, -0.25) is 0 Å². The number of methoxy groups -OCH3 is 1. The van der Waals surface area contributed by atoms with Crippen molar-refractivity contribution in [2.45, 2.75) is 44.8 Å². The van der Waals surface area contributed by atoms with Gasteiger partial charge in [-0.25, -0.2) is 18.1 Å². The zero-order chi connectivity index (χ0) is 15.5. The first kappa shape index (κ1) is 24.7. The van der Waals surface area contributed by atoms with Crippen LogP contribution in [0.25, 0.3) is 0 Å². The van der Waals surface area contributed by atoms with E-state index in [1.165, 1.54) is 22.3 Å². The molecule has 0 aromatic heterocycles. The Kier molecular flexibility index (Phi) is 9.37. The van der Waals surface area contributed by atoms with Gasteiger partial charge in [-0.05, 0) is 55.1 Å². The van der Waals surface area contributed by atoms with Crippen molar-refractivity contribution in [2.75, 3.05) is 20.7 Å². The van der Waals surface area contributed by atoms with Gasteiger partial charge in [0, 0.05) is 105 Å². The van der Waals surface area contributed by atoms with Gasteiger partial charge < -0.3 is 14.4 Å². The molecule has 3 radical (unpaired) electrons. The van der Waals surface area contributed by atoms with E-state index in [2.05, 4.69) is 44.4 Å². The first-order valence-electron chi connectivity index (χ1n) is 8.14. The predicted molar refractivity (Wildman–Crippen MR) is 87.5 cm³/mol. The topological polar surface area (TPSA) is 21.7 Å². The number of benzene rings is 1. The Morgan fingerprint density at radius 3 is 2.68 bits per heavy atom. The summed E-state index contributed by atoms with van der Waals surface area (Å²) in [6, 6.07) is 2.14. The predicted octanol–water partition coefficient (Wildman–Crippen LogP) is 3.38. The molecule has 4 rings (SSSR count). The number of hydrogen-bond donors (Lipinski definition) is 0. The van der Waals surface area contributed by atoms with E-state index in [9.17, 15) is 0 Å². The molecule has 127 valence electrons. The molecule has 0 N–H and O–H groups in total. The smallest absolute Gasteiger partial charge is 0.164 e. The number of nitrogens with zero attached hydrogens (tertiary/aromatic N) is 1.